The molecule has 1 aromatic rings. The Morgan fingerprint density at radius 1 is 1.35 bits per heavy atom. The van der Waals surface area contributed by atoms with Crippen molar-refractivity contribution in [2.75, 3.05) is 13.7 Å². The molecule has 5 nitrogen and oxygen atoms in total. The second kappa shape index (κ2) is 7.87. The van der Waals surface area contributed by atoms with Gasteiger partial charge < -0.3 is 10.5 Å². The van der Waals surface area contributed by atoms with Gasteiger partial charge >= 0.3 is 0 Å². The number of amides is 1. The normalized spacial score (nSPS) is 24.0. The van der Waals surface area contributed by atoms with Crippen molar-refractivity contribution in [2.24, 2.45) is 16.6 Å². The van der Waals surface area contributed by atoms with E-state index in [4.69, 9.17) is 22.1 Å². The van der Waals surface area contributed by atoms with Crippen molar-refractivity contribution in [3.63, 3.8) is 0 Å². The van der Waals surface area contributed by atoms with E-state index in [2.05, 4.69) is 11.9 Å². The standard InChI is InChI=1S/C20H28ClN3O2/c1-3-15-11-16(9-10-17(15)21)26-13-20(12-14-7-5-4-6-8-14)18(25)24(2)19(22)23-20/h9-11,14H,3-8,12-13H2,1-2H3,(H2,22,23). The van der Waals surface area contributed by atoms with E-state index in [1.54, 1.807) is 7.05 Å². The van der Waals surface area contributed by atoms with Gasteiger partial charge in [0.25, 0.3) is 5.91 Å². The van der Waals surface area contributed by atoms with Crippen LogP contribution in [0.1, 0.15) is 51.0 Å². The summed E-state index contributed by atoms with van der Waals surface area (Å²) in [6.07, 6.45) is 7.55. The van der Waals surface area contributed by atoms with Crippen molar-refractivity contribution in [3.8, 4) is 5.75 Å². The van der Waals surface area contributed by atoms with E-state index in [-0.39, 0.29) is 18.5 Å². The van der Waals surface area contributed by atoms with Crippen LogP contribution in [0.2, 0.25) is 5.02 Å². The molecular weight excluding hydrogens is 350 g/mol. The van der Waals surface area contributed by atoms with Crippen LogP contribution in [-0.2, 0) is 11.2 Å². The van der Waals surface area contributed by atoms with Crippen LogP contribution in [0.15, 0.2) is 23.2 Å². The molecule has 142 valence electrons. The Balaban J connectivity index is 1.79. The molecule has 3 rings (SSSR count). The van der Waals surface area contributed by atoms with Gasteiger partial charge in [0.05, 0.1) is 0 Å². The zero-order valence-corrected chi connectivity index (χ0v) is 16.4. The SMILES string of the molecule is CCc1cc(OCC2(CC3CCCCC3)N=C(N)N(C)C2=O)ccc1Cl. The van der Waals surface area contributed by atoms with Crippen LogP contribution in [0.25, 0.3) is 0 Å². The predicted octanol–water partition coefficient (Wildman–Crippen LogP) is 3.78. The number of halogens is 1. The van der Waals surface area contributed by atoms with Crippen molar-refractivity contribution in [1.82, 2.24) is 4.90 Å². The Hall–Kier alpha value is -1.75. The number of guanidine groups is 1. The number of rotatable bonds is 6. The highest BCUT2D eigenvalue weighted by atomic mass is 35.5. The Morgan fingerprint density at radius 2 is 2.08 bits per heavy atom. The van der Waals surface area contributed by atoms with Crippen molar-refractivity contribution in [1.29, 1.82) is 0 Å². The van der Waals surface area contributed by atoms with Crippen molar-refractivity contribution < 1.29 is 9.53 Å². The summed E-state index contributed by atoms with van der Waals surface area (Å²) in [6.45, 7) is 2.26. The van der Waals surface area contributed by atoms with E-state index in [1.807, 2.05) is 18.2 Å². The molecule has 2 aliphatic rings. The monoisotopic (exact) mass is 377 g/mol. The fraction of sp³-hybridized carbons (Fsp3) is 0.600. The topological polar surface area (TPSA) is 67.9 Å². The lowest BCUT2D eigenvalue weighted by atomic mass is 9.79. The molecule has 1 aromatic carbocycles. The smallest absolute Gasteiger partial charge is 0.260 e. The first-order valence-corrected chi connectivity index (χ1v) is 9.87. The van der Waals surface area contributed by atoms with Crippen LogP contribution < -0.4 is 10.5 Å². The summed E-state index contributed by atoms with van der Waals surface area (Å²) >= 11 is 6.19. The van der Waals surface area contributed by atoms with E-state index < -0.39 is 5.54 Å². The number of carbonyl (C=O) groups is 1. The first-order chi connectivity index (χ1) is 12.4. The first kappa shape index (κ1) is 19.0. The van der Waals surface area contributed by atoms with Gasteiger partial charge in [-0.15, -0.1) is 0 Å². The first-order valence-electron chi connectivity index (χ1n) is 9.50. The summed E-state index contributed by atoms with van der Waals surface area (Å²) in [5.41, 5.74) is 6.09. The fourth-order valence-electron chi connectivity index (χ4n) is 4.03. The van der Waals surface area contributed by atoms with Crippen LogP contribution in [-0.4, -0.2) is 36.0 Å². The molecule has 0 saturated heterocycles. The minimum absolute atomic E-state index is 0.0646. The van der Waals surface area contributed by atoms with Crippen molar-refractivity contribution in [2.45, 2.75) is 57.4 Å². The summed E-state index contributed by atoms with van der Waals surface area (Å²) < 4.78 is 6.03. The number of hydrogen-bond donors (Lipinski definition) is 1. The molecule has 1 saturated carbocycles. The van der Waals surface area contributed by atoms with Crippen LogP contribution in [0.3, 0.4) is 0 Å². The molecule has 26 heavy (non-hydrogen) atoms. The number of hydrogen-bond acceptors (Lipinski definition) is 4. The number of nitrogens with two attached hydrogens (primary N) is 1. The third-order valence-electron chi connectivity index (χ3n) is 5.60. The maximum atomic E-state index is 12.9. The molecule has 2 N–H and O–H groups in total. The Bertz CT molecular complexity index is 700. The summed E-state index contributed by atoms with van der Waals surface area (Å²) in [6, 6.07) is 5.61. The molecular formula is C20H28ClN3O2. The van der Waals surface area contributed by atoms with Crippen LogP contribution in [0.5, 0.6) is 5.75 Å². The van der Waals surface area contributed by atoms with E-state index in [0.717, 1.165) is 29.8 Å². The molecule has 0 radical (unpaired) electrons. The van der Waals surface area contributed by atoms with Gasteiger partial charge in [-0.1, -0.05) is 50.6 Å². The minimum atomic E-state index is -0.910. The van der Waals surface area contributed by atoms with E-state index in [1.165, 1.54) is 24.2 Å². The Labute approximate surface area is 160 Å². The summed E-state index contributed by atoms with van der Waals surface area (Å²) in [7, 11) is 1.68. The highest BCUT2D eigenvalue weighted by Crippen LogP contribution is 2.36. The maximum Gasteiger partial charge on any atom is 0.260 e. The van der Waals surface area contributed by atoms with Gasteiger partial charge in [0.2, 0.25) is 0 Å². The lowest BCUT2D eigenvalue weighted by molar-refractivity contribution is -0.132. The molecule has 1 atom stereocenters. The second-order valence-electron chi connectivity index (χ2n) is 7.47. The van der Waals surface area contributed by atoms with Gasteiger partial charge in [-0.25, -0.2) is 4.99 Å². The fourth-order valence-corrected chi connectivity index (χ4v) is 4.28. The third-order valence-corrected chi connectivity index (χ3v) is 5.97. The molecule has 1 fully saturated rings. The average molecular weight is 378 g/mol. The predicted molar refractivity (Wildman–Crippen MR) is 105 cm³/mol. The Morgan fingerprint density at radius 3 is 2.69 bits per heavy atom. The molecule has 1 aliphatic carbocycles. The number of aryl methyl sites for hydroxylation is 1. The molecule has 0 spiro atoms. The highest BCUT2D eigenvalue weighted by molar-refractivity contribution is 6.31. The van der Waals surface area contributed by atoms with Gasteiger partial charge in [-0.3, -0.25) is 9.69 Å². The quantitative estimate of drug-likeness (QED) is 0.820. The van der Waals surface area contributed by atoms with Crippen LogP contribution >= 0.6 is 11.6 Å². The van der Waals surface area contributed by atoms with Gasteiger partial charge in [0.1, 0.15) is 12.4 Å². The summed E-state index contributed by atoms with van der Waals surface area (Å²) in [5, 5.41) is 0.732. The van der Waals surface area contributed by atoms with E-state index >= 15 is 0 Å². The third kappa shape index (κ3) is 3.83. The van der Waals surface area contributed by atoms with Crippen LogP contribution in [0.4, 0.5) is 0 Å². The zero-order valence-electron chi connectivity index (χ0n) is 15.6. The lowest BCUT2D eigenvalue weighted by Gasteiger charge is -2.31. The number of benzene rings is 1. The van der Waals surface area contributed by atoms with E-state index in [0.29, 0.717) is 18.1 Å². The maximum absolute atomic E-state index is 12.9. The lowest BCUT2D eigenvalue weighted by Crippen LogP contribution is -2.47. The van der Waals surface area contributed by atoms with Gasteiger partial charge in [-0.05, 0) is 42.5 Å². The number of carbonyl (C=O) groups excluding carboxylic acids is 1. The minimum Gasteiger partial charge on any atom is -0.490 e. The highest BCUT2D eigenvalue weighted by Gasteiger charge is 2.48. The summed E-state index contributed by atoms with van der Waals surface area (Å²) in [5.74, 6) is 1.42. The average Bonchev–Trinajstić information content (AvgIpc) is 2.86. The Kier molecular flexibility index (Phi) is 5.76. The van der Waals surface area contributed by atoms with Gasteiger partial charge in [-0.2, -0.15) is 0 Å². The molecule has 1 amide bonds. The van der Waals surface area contributed by atoms with Crippen LogP contribution in [0, 0.1) is 5.92 Å². The summed E-state index contributed by atoms with van der Waals surface area (Å²) in [4.78, 5) is 19.0. The molecule has 0 aromatic heterocycles. The van der Waals surface area contributed by atoms with Gasteiger partial charge in [0.15, 0.2) is 11.5 Å². The van der Waals surface area contributed by atoms with E-state index in [9.17, 15) is 4.79 Å². The van der Waals surface area contributed by atoms with Crippen molar-refractivity contribution in [3.05, 3.63) is 28.8 Å². The number of ether oxygens (including phenoxy) is 1. The molecule has 6 heteroatoms. The molecule has 1 aliphatic heterocycles. The number of likely N-dealkylation sites (N-methyl/N-ethyl adjacent to an activating group) is 1. The molecule has 0 bridgehead atoms. The van der Waals surface area contributed by atoms with Gasteiger partial charge in [0, 0.05) is 12.1 Å². The second-order valence-corrected chi connectivity index (χ2v) is 7.88. The largest absolute Gasteiger partial charge is 0.490 e. The molecule has 1 unspecified atom stereocenters. The number of nitrogens with zero attached hydrogens (tertiary/aromatic N) is 2. The zero-order chi connectivity index (χ0) is 18.7. The molecule has 1 heterocycles. The van der Waals surface area contributed by atoms with Crippen molar-refractivity contribution >= 4 is 23.5 Å². The number of aliphatic imine (C=N–C) groups is 1.